The highest BCUT2D eigenvalue weighted by molar-refractivity contribution is 5.97. The smallest absolute Gasteiger partial charge is 0.246 e. The number of carbonyl (C=O) groups is 2. The SMILES string of the molecule is CC(C)[C@H]1NC(=O)[C@H]2CCCN2C1=O. The summed E-state index contributed by atoms with van der Waals surface area (Å²) in [7, 11) is 0. The fourth-order valence-corrected chi connectivity index (χ4v) is 2.24. The fourth-order valence-electron chi connectivity index (χ4n) is 2.24. The lowest BCUT2D eigenvalue weighted by molar-refractivity contribution is -0.148. The Kier molecular flexibility index (Phi) is 2.21. The summed E-state index contributed by atoms with van der Waals surface area (Å²) in [6.07, 6.45) is 1.77. The highest BCUT2D eigenvalue weighted by Crippen LogP contribution is 2.23. The van der Waals surface area contributed by atoms with Crippen LogP contribution in [0.2, 0.25) is 0 Å². The summed E-state index contributed by atoms with van der Waals surface area (Å²) in [6.45, 7) is 4.67. The van der Waals surface area contributed by atoms with Gasteiger partial charge < -0.3 is 10.2 Å². The first-order valence-corrected chi connectivity index (χ1v) is 5.22. The van der Waals surface area contributed by atoms with Crippen molar-refractivity contribution in [3.63, 3.8) is 0 Å². The number of amides is 2. The largest absolute Gasteiger partial charge is 0.342 e. The monoisotopic (exact) mass is 196 g/mol. The lowest BCUT2D eigenvalue weighted by Gasteiger charge is -2.36. The summed E-state index contributed by atoms with van der Waals surface area (Å²) in [5.41, 5.74) is 0. The van der Waals surface area contributed by atoms with E-state index in [9.17, 15) is 9.59 Å². The number of hydrogen-bond donors (Lipinski definition) is 1. The molecular weight excluding hydrogens is 180 g/mol. The summed E-state index contributed by atoms with van der Waals surface area (Å²) >= 11 is 0. The molecule has 0 aromatic rings. The zero-order valence-corrected chi connectivity index (χ0v) is 8.62. The van der Waals surface area contributed by atoms with E-state index in [0.29, 0.717) is 0 Å². The third-order valence-corrected chi connectivity index (χ3v) is 3.07. The van der Waals surface area contributed by atoms with Crippen LogP contribution in [0.5, 0.6) is 0 Å². The maximum Gasteiger partial charge on any atom is 0.246 e. The predicted octanol–water partition coefficient (Wildman–Crippen LogP) is 0.132. The van der Waals surface area contributed by atoms with Crippen molar-refractivity contribution in [1.29, 1.82) is 0 Å². The van der Waals surface area contributed by atoms with Gasteiger partial charge in [-0.25, -0.2) is 0 Å². The van der Waals surface area contributed by atoms with Gasteiger partial charge in [0.05, 0.1) is 0 Å². The second-order valence-electron chi connectivity index (χ2n) is 4.42. The van der Waals surface area contributed by atoms with Gasteiger partial charge in [0.1, 0.15) is 12.1 Å². The molecule has 0 spiro atoms. The summed E-state index contributed by atoms with van der Waals surface area (Å²) in [5, 5.41) is 2.81. The second-order valence-corrected chi connectivity index (χ2v) is 4.42. The van der Waals surface area contributed by atoms with Crippen molar-refractivity contribution in [1.82, 2.24) is 10.2 Å². The molecule has 0 saturated carbocycles. The zero-order chi connectivity index (χ0) is 10.3. The summed E-state index contributed by atoms with van der Waals surface area (Å²) in [6, 6.07) is -0.491. The Labute approximate surface area is 83.6 Å². The van der Waals surface area contributed by atoms with E-state index in [0.717, 1.165) is 19.4 Å². The third kappa shape index (κ3) is 1.29. The molecule has 2 fully saturated rings. The van der Waals surface area contributed by atoms with E-state index in [1.807, 2.05) is 13.8 Å². The van der Waals surface area contributed by atoms with E-state index in [1.165, 1.54) is 0 Å². The molecule has 4 nitrogen and oxygen atoms in total. The molecule has 0 aromatic carbocycles. The van der Waals surface area contributed by atoms with Crippen LogP contribution in [0.1, 0.15) is 26.7 Å². The number of hydrogen-bond acceptors (Lipinski definition) is 2. The fraction of sp³-hybridized carbons (Fsp3) is 0.800. The van der Waals surface area contributed by atoms with Gasteiger partial charge in [-0.3, -0.25) is 9.59 Å². The van der Waals surface area contributed by atoms with Gasteiger partial charge in [0, 0.05) is 6.54 Å². The number of fused-ring (bicyclic) bond motifs is 1. The van der Waals surface area contributed by atoms with Crippen molar-refractivity contribution in [2.75, 3.05) is 6.54 Å². The van der Waals surface area contributed by atoms with E-state index >= 15 is 0 Å². The first-order chi connectivity index (χ1) is 6.61. The molecule has 2 heterocycles. The molecule has 2 amide bonds. The average Bonchev–Trinajstić information content (AvgIpc) is 2.59. The molecule has 2 rings (SSSR count). The van der Waals surface area contributed by atoms with Crippen molar-refractivity contribution in [3.05, 3.63) is 0 Å². The molecule has 2 saturated heterocycles. The Bertz CT molecular complexity index is 271. The zero-order valence-electron chi connectivity index (χ0n) is 8.62. The van der Waals surface area contributed by atoms with Gasteiger partial charge in [-0.15, -0.1) is 0 Å². The van der Waals surface area contributed by atoms with Crippen LogP contribution in [0.25, 0.3) is 0 Å². The second kappa shape index (κ2) is 3.26. The molecule has 78 valence electrons. The van der Waals surface area contributed by atoms with Crippen LogP contribution in [-0.4, -0.2) is 35.3 Å². The lowest BCUT2D eigenvalue weighted by atomic mass is 9.99. The van der Waals surface area contributed by atoms with E-state index in [1.54, 1.807) is 4.90 Å². The quantitative estimate of drug-likeness (QED) is 0.648. The van der Waals surface area contributed by atoms with Crippen LogP contribution in [-0.2, 0) is 9.59 Å². The molecule has 2 aliphatic rings. The summed E-state index contributed by atoms with van der Waals surface area (Å²) < 4.78 is 0. The van der Waals surface area contributed by atoms with Crippen molar-refractivity contribution in [2.24, 2.45) is 5.92 Å². The van der Waals surface area contributed by atoms with Crippen LogP contribution in [0.15, 0.2) is 0 Å². The van der Waals surface area contributed by atoms with Crippen LogP contribution < -0.4 is 5.32 Å². The molecule has 2 aliphatic heterocycles. The maximum absolute atomic E-state index is 11.9. The minimum absolute atomic E-state index is 0.0285. The molecule has 14 heavy (non-hydrogen) atoms. The van der Waals surface area contributed by atoms with Gasteiger partial charge in [-0.1, -0.05) is 13.8 Å². The lowest BCUT2D eigenvalue weighted by Crippen LogP contribution is -2.62. The molecule has 4 heteroatoms. The Morgan fingerprint density at radius 3 is 2.79 bits per heavy atom. The van der Waals surface area contributed by atoms with Crippen molar-refractivity contribution < 1.29 is 9.59 Å². The topological polar surface area (TPSA) is 49.4 Å². The van der Waals surface area contributed by atoms with Gasteiger partial charge in [0.15, 0.2) is 0 Å². The number of nitrogens with one attached hydrogen (secondary N) is 1. The van der Waals surface area contributed by atoms with Gasteiger partial charge in [0.25, 0.3) is 0 Å². The van der Waals surface area contributed by atoms with E-state index in [-0.39, 0.29) is 29.8 Å². The minimum Gasteiger partial charge on any atom is -0.342 e. The normalized spacial score (nSPS) is 32.1. The molecular formula is C10H16N2O2. The molecule has 0 aromatic heterocycles. The Balaban J connectivity index is 2.20. The van der Waals surface area contributed by atoms with E-state index in [2.05, 4.69) is 5.32 Å². The Morgan fingerprint density at radius 2 is 2.14 bits per heavy atom. The molecule has 1 N–H and O–H groups in total. The van der Waals surface area contributed by atoms with E-state index in [4.69, 9.17) is 0 Å². The standard InChI is InChI=1S/C10H16N2O2/c1-6(2)8-10(14)12-5-3-4-7(12)9(13)11-8/h6-8H,3-5H2,1-2H3,(H,11,13)/t7-,8-/m1/s1. The highest BCUT2D eigenvalue weighted by Gasteiger charge is 2.43. The molecule has 0 unspecified atom stereocenters. The van der Waals surface area contributed by atoms with Gasteiger partial charge >= 0.3 is 0 Å². The van der Waals surface area contributed by atoms with Crippen LogP contribution in [0.4, 0.5) is 0 Å². The molecule has 0 aliphatic carbocycles. The first kappa shape index (κ1) is 9.49. The Hall–Kier alpha value is -1.06. The minimum atomic E-state index is -0.308. The number of piperazine rings is 1. The predicted molar refractivity (Wildman–Crippen MR) is 51.5 cm³/mol. The third-order valence-electron chi connectivity index (χ3n) is 3.07. The van der Waals surface area contributed by atoms with Crippen LogP contribution in [0, 0.1) is 5.92 Å². The van der Waals surface area contributed by atoms with Gasteiger partial charge in [-0.05, 0) is 18.8 Å². The van der Waals surface area contributed by atoms with Crippen LogP contribution in [0.3, 0.4) is 0 Å². The highest BCUT2D eigenvalue weighted by atomic mass is 16.2. The van der Waals surface area contributed by atoms with Crippen molar-refractivity contribution in [2.45, 2.75) is 38.8 Å². The summed E-state index contributed by atoms with van der Waals surface area (Å²) in [4.78, 5) is 25.3. The number of rotatable bonds is 1. The van der Waals surface area contributed by atoms with E-state index < -0.39 is 0 Å². The first-order valence-electron chi connectivity index (χ1n) is 5.22. The van der Waals surface area contributed by atoms with Crippen molar-refractivity contribution >= 4 is 11.8 Å². The summed E-state index contributed by atoms with van der Waals surface area (Å²) in [5.74, 6) is 0.302. The van der Waals surface area contributed by atoms with Gasteiger partial charge in [-0.2, -0.15) is 0 Å². The number of carbonyl (C=O) groups excluding carboxylic acids is 2. The Morgan fingerprint density at radius 1 is 1.43 bits per heavy atom. The molecule has 0 bridgehead atoms. The van der Waals surface area contributed by atoms with Crippen LogP contribution >= 0.6 is 0 Å². The average molecular weight is 196 g/mol. The maximum atomic E-state index is 11.9. The molecule has 0 radical (unpaired) electrons. The van der Waals surface area contributed by atoms with Gasteiger partial charge in [0.2, 0.25) is 11.8 Å². The molecule has 2 atom stereocenters. The number of nitrogens with zero attached hydrogens (tertiary/aromatic N) is 1. The van der Waals surface area contributed by atoms with Crippen molar-refractivity contribution in [3.8, 4) is 0 Å².